The van der Waals surface area contributed by atoms with Crippen molar-refractivity contribution in [3.05, 3.63) is 22.2 Å². The van der Waals surface area contributed by atoms with Crippen molar-refractivity contribution in [3.63, 3.8) is 0 Å². The average molecular weight is 238 g/mol. The van der Waals surface area contributed by atoms with Crippen molar-refractivity contribution in [2.45, 2.75) is 33.2 Å². The van der Waals surface area contributed by atoms with Crippen molar-refractivity contribution < 1.29 is 4.92 Å². The summed E-state index contributed by atoms with van der Waals surface area (Å²) in [7, 11) is 0. The third-order valence-corrected chi connectivity index (χ3v) is 2.39. The monoisotopic (exact) mass is 238 g/mol. The molecule has 1 atom stereocenters. The van der Waals surface area contributed by atoms with E-state index in [1.165, 1.54) is 12.1 Å². The normalized spacial score (nSPS) is 11.9. The number of nitrogens with one attached hydrogen (secondary N) is 2. The highest BCUT2D eigenvalue weighted by Crippen LogP contribution is 2.21. The molecular formula is C11H18N4O2. The predicted molar refractivity (Wildman–Crippen MR) is 68.4 cm³/mol. The van der Waals surface area contributed by atoms with Gasteiger partial charge in [-0.25, -0.2) is 4.98 Å². The first-order valence-electron chi connectivity index (χ1n) is 5.73. The smallest absolute Gasteiger partial charge is 0.276 e. The fourth-order valence-electron chi connectivity index (χ4n) is 1.32. The van der Waals surface area contributed by atoms with Gasteiger partial charge >= 0.3 is 0 Å². The zero-order chi connectivity index (χ0) is 12.8. The predicted octanol–water partition coefficient (Wildman–Crippen LogP) is 2.63. The van der Waals surface area contributed by atoms with Crippen molar-refractivity contribution in [3.8, 4) is 0 Å². The molecule has 17 heavy (non-hydrogen) atoms. The maximum absolute atomic E-state index is 10.8. The van der Waals surface area contributed by atoms with E-state index in [1.807, 2.05) is 20.8 Å². The fourth-order valence-corrected chi connectivity index (χ4v) is 1.32. The van der Waals surface area contributed by atoms with Gasteiger partial charge in [0.1, 0.15) is 11.6 Å². The average Bonchev–Trinajstić information content (AvgIpc) is 2.29. The second-order valence-electron chi connectivity index (χ2n) is 3.84. The summed E-state index contributed by atoms with van der Waals surface area (Å²) in [6, 6.07) is 3.12. The largest absolute Gasteiger partial charge is 0.370 e. The van der Waals surface area contributed by atoms with E-state index in [0.717, 1.165) is 6.42 Å². The minimum absolute atomic E-state index is 0.0433. The summed E-state index contributed by atoms with van der Waals surface area (Å²) in [5, 5.41) is 16.9. The first-order valence-corrected chi connectivity index (χ1v) is 5.73. The summed E-state index contributed by atoms with van der Waals surface area (Å²) in [5.74, 6) is 1.05. The molecule has 1 aromatic rings. The van der Waals surface area contributed by atoms with Crippen molar-refractivity contribution in [1.29, 1.82) is 0 Å². The molecule has 6 nitrogen and oxygen atoms in total. The van der Waals surface area contributed by atoms with Gasteiger partial charge in [-0.2, -0.15) is 0 Å². The van der Waals surface area contributed by atoms with Crippen LogP contribution in [0.4, 0.5) is 17.3 Å². The number of pyridine rings is 1. The van der Waals surface area contributed by atoms with Crippen molar-refractivity contribution in [2.24, 2.45) is 0 Å². The quantitative estimate of drug-likeness (QED) is 0.588. The number of aromatic nitrogens is 1. The van der Waals surface area contributed by atoms with Gasteiger partial charge in [0.2, 0.25) is 0 Å². The van der Waals surface area contributed by atoms with Crippen LogP contribution in [0.25, 0.3) is 0 Å². The van der Waals surface area contributed by atoms with Gasteiger partial charge in [0.05, 0.1) is 17.1 Å². The van der Waals surface area contributed by atoms with Gasteiger partial charge < -0.3 is 10.6 Å². The van der Waals surface area contributed by atoms with E-state index in [4.69, 9.17) is 0 Å². The first-order chi connectivity index (χ1) is 8.06. The number of hydrogen-bond donors (Lipinski definition) is 2. The SMILES string of the molecule is CCNc1cc([N+](=O)[O-])cc(NC(C)CC)n1. The lowest BCUT2D eigenvalue weighted by Gasteiger charge is -2.13. The van der Waals surface area contributed by atoms with Gasteiger partial charge in [0.25, 0.3) is 5.69 Å². The van der Waals surface area contributed by atoms with E-state index in [2.05, 4.69) is 15.6 Å². The van der Waals surface area contributed by atoms with E-state index in [0.29, 0.717) is 18.2 Å². The summed E-state index contributed by atoms with van der Waals surface area (Å²) in [4.78, 5) is 14.6. The van der Waals surface area contributed by atoms with Gasteiger partial charge in [0.15, 0.2) is 0 Å². The summed E-state index contributed by atoms with van der Waals surface area (Å²) >= 11 is 0. The lowest BCUT2D eigenvalue weighted by Crippen LogP contribution is -2.15. The van der Waals surface area contributed by atoms with E-state index in [1.54, 1.807) is 0 Å². The zero-order valence-corrected chi connectivity index (χ0v) is 10.4. The fraction of sp³-hybridized carbons (Fsp3) is 0.545. The maximum Gasteiger partial charge on any atom is 0.276 e. The Morgan fingerprint density at radius 3 is 2.59 bits per heavy atom. The van der Waals surface area contributed by atoms with Crippen molar-refractivity contribution in [2.75, 3.05) is 17.2 Å². The van der Waals surface area contributed by atoms with Crippen LogP contribution in [0.2, 0.25) is 0 Å². The molecule has 0 aliphatic heterocycles. The number of hydrogen-bond acceptors (Lipinski definition) is 5. The minimum atomic E-state index is -0.412. The Balaban J connectivity index is 2.99. The van der Waals surface area contributed by atoms with E-state index in [-0.39, 0.29) is 11.7 Å². The number of rotatable bonds is 6. The molecule has 0 bridgehead atoms. The standard InChI is InChI=1S/C11H18N4O2/c1-4-8(3)13-11-7-9(15(16)17)6-10(14-11)12-5-2/h6-8H,4-5H2,1-3H3,(H2,12,13,14). The van der Waals surface area contributed by atoms with Gasteiger partial charge in [0, 0.05) is 12.6 Å². The Labute approximate surface area is 101 Å². The van der Waals surface area contributed by atoms with Crippen molar-refractivity contribution >= 4 is 17.3 Å². The molecule has 0 amide bonds. The third kappa shape index (κ3) is 3.90. The Hall–Kier alpha value is -1.85. The number of nitrogens with zero attached hydrogens (tertiary/aromatic N) is 2. The molecule has 0 aliphatic carbocycles. The molecule has 0 spiro atoms. The molecule has 0 aromatic carbocycles. The molecule has 2 N–H and O–H groups in total. The van der Waals surface area contributed by atoms with Crippen LogP contribution < -0.4 is 10.6 Å². The highest BCUT2D eigenvalue weighted by molar-refractivity contribution is 5.54. The second kappa shape index (κ2) is 6.03. The molecule has 6 heteroatoms. The van der Waals surface area contributed by atoms with Crippen LogP contribution in [0, 0.1) is 10.1 Å². The summed E-state index contributed by atoms with van der Waals surface area (Å²) in [6.45, 7) is 6.65. The van der Waals surface area contributed by atoms with Crippen LogP contribution in [0.3, 0.4) is 0 Å². The molecule has 1 heterocycles. The van der Waals surface area contributed by atoms with Crippen LogP contribution in [-0.2, 0) is 0 Å². The molecule has 1 rings (SSSR count). The lowest BCUT2D eigenvalue weighted by molar-refractivity contribution is -0.384. The zero-order valence-electron chi connectivity index (χ0n) is 10.4. The Morgan fingerprint density at radius 1 is 1.41 bits per heavy atom. The molecule has 0 saturated carbocycles. The highest BCUT2D eigenvalue weighted by atomic mass is 16.6. The van der Waals surface area contributed by atoms with Crippen LogP contribution in [0.15, 0.2) is 12.1 Å². The summed E-state index contributed by atoms with van der Waals surface area (Å²) < 4.78 is 0. The van der Waals surface area contributed by atoms with Crippen LogP contribution in [-0.4, -0.2) is 22.5 Å². The Morgan fingerprint density at radius 2 is 2.06 bits per heavy atom. The molecule has 0 saturated heterocycles. The first kappa shape index (κ1) is 13.2. The molecule has 0 radical (unpaired) electrons. The molecule has 1 unspecified atom stereocenters. The van der Waals surface area contributed by atoms with E-state index < -0.39 is 4.92 Å². The molecule has 0 aliphatic rings. The number of nitro groups is 1. The molecule has 0 fully saturated rings. The molecule has 1 aromatic heterocycles. The Kier molecular flexibility index (Phi) is 4.68. The maximum atomic E-state index is 10.8. The van der Waals surface area contributed by atoms with Crippen LogP contribution in [0.1, 0.15) is 27.2 Å². The Bertz CT molecular complexity index is 395. The second-order valence-corrected chi connectivity index (χ2v) is 3.84. The molecular weight excluding hydrogens is 220 g/mol. The summed E-state index contributed by atoms with van der Waals surface area (Å²) in [6.07, 6.45) is 0.931. The van der Waals surface area contributed by atoms with Crippen LogP contribution >= 0.6 is 0 Å². The van der Waals surface area contributed by atoms with Gasteiger partial charge in [-0.1, -0.05) is 6.92 Å². The topological polar surface area (TPSA) is 80.1 Å². The minimum Gasteiger partial charge on any atom is -0.370 e. The van der Waals surface area contributed by atoms with Gasteiger partial charge in [-0.3, -0.25) is 10.1 Å². The number of anilines is 2. The van der Waals surface area contributed by atoms with E-state index in [9.17, 15) is 10.1 Å². The van der Waals surface area contributed by atoms with Gasteiger partial charge in [-0.15, -0.1) is 0 Å². The summed E-state index contributed by atoms with van der Waals surface area (Å²) in [5.41, 5.74) is 0.0433. The lowest BCUT2D eigenvalue weighted by atomic mass is 10.2. The van der Waals surface area contributed by atoms with Gasteiger partial charge in [-0.05, 0) is 20.3 Å². The van der Waals surface area contributed by atoms with Crippen molar-refractivity contribution in [1.82, 2.24) is 4.98 Å². The third-order valence-electron chi connectivity index (χ3n) is 2.39. The van der Waals surface area contributed by atoms with Crippen LogP contribution in [0.5, 0.6) is 0 Å². The highest BCUT2D eigenvalue weighted by Gasteiger charge is 2.11. The molecule has 94 valence electrons. The van der Waals surface area contributed by atoms with E-state index >= 15 is 0 Å².